The van der Waals surface area contributed by atoms with Gasteiger partial charge in [-0.2, -0.15) is 5.26 Å². The van der Waals surface area contributed by atoms with Crippen molar-refractivity contribution in [3.63, 3.8) is 0 Å². The minimum Gasteiger partial charge on any atom is -0.198 e. The van der Waals surface area contributed by atoms with Crippen LogP contribution < -0.4 is 0 Å². The van der Waals surface area contributed by atoms with Crippen molar-refractivity contribution in [3.8, 4) is 6.07 Å². The van der Waals surface area contributed by atoms with Crippen LogP contribution in [0.1, 0.15) is 39.0 Å². The highest BCUT2D eigenvalue weighted by molar-refractivity contribution is 4.78. The van der Waals surface area contributed by atoms with Crippen LogP contribution in [0.15, 0.2) is 0 Å². The summed E-state index contributed by atoms with van der Waals surface area (Å²) >= 11 is 0. The first kappa shape index (κ1) is 7.60. The maximum absolute atomic E-state index is 8.36. The smallest absolute Gasteiger partial charge is 0.0621 e. The molecule has 0 aromatic carbocycles. The molecule has 0 N–H and O–H groups in total. The predicted octanol–water partition coefficient (Wildman–Crippen LogP) is 2.73. The van der Waals surface area contributed by atoms with Gasteiger partial charge in [0.05, 0.1) is 6.07 Å². The highest BCUT2D eigenvalue weighted by atomic mass is 14.3. The summed E-state index contributed by atoms with van der Waals surface area (Å²) in [6, 6.07) is 2.22. The van der Waals surface area contributed by atoms with Gasteiger partial charge in [0.1, 0.15) is 0 Å². The molecule has 0 radical (unpaired) electrons. The fourth-order valence-corrected chi connectivity index (χ4v) is 1.90. The molecule has 56 valence electrons. The third kappa shape index (κ3) is 1.73. The quantitative estimate of drug-likeness (QED) is 0.574. The van der Waals surface area contributed by atoms with E-state index >= 15 is 0 Å². The number of nitrogens with zero attached hydrogens (tertiary/aromatic N) is 1. The zero-order chi connectivity index (χ0) is 7.40. The van der Waals surface area contributed by atoms with Crippen molar-refractivity contribution >= 4 is 0 Å². The van der Waals surface area contributed by atoms with Gasteiger partial charge in [0.25, 0.3) is 0 Å². The van der Waals surface area contributed by atoms with Crippen molar-refractivity contribution < 1.29 is 0 Å². The first-order chi connectivity index (χ1) is 4.84. The van der Waals surface area contributed by atoms with Crippen molar-refractivity contribution in [3.05, 3.63) is 0 Å². The highest BCUT2D eigenvalue weighted by Crippen LogP contribution is 2.33. The molecule has 0 aliphatic heterocycles. The summed E-state index contributed by atoms with van der Waals surface area (Å²) in [5.41, 5.74) is 0. The number of rotatable bonds is 2. The summed E-state index contributed by atoms with van der Waals surface area (Å²) in [6.45, 7) is 2.31. The van der Waals surface area contributed by atoms with Gasteiger partial charge in [-0.3, -0.25) is 0 Å². The molecular weight excluding hydrogens is 122 g/mol. The Labute approximate surface area is 63.0 Å². The number of hydrogen-bond donors (Lipinski definition) is 0. The monoisotopic (exact) mass is 137 g/mol. The molecule has 0 unspecified atom stereocenters. The van der Waals surface area contributed by atoms with Crippen LogP contribution in [0.4, 0.5) is 0 Å². The molecular formula is C9H15N. The van der Waals surface area contributed by atoms with Gasteiger partial charge in [-0.05, 0) is 18.3 Å². The topological polar surface area (TPSA) is 23.8 Å². The molecule has 0 saturated heterocycles. The standard InChI is InChI=1S/C9H15N/c1-8-4-2-5-9(8)6-3-7-10/h8-9H,2-6H2,1H3/t8-,9-/m1/s1. The Bertz CT molecular complexity index is 134. The van der Waals surface area contributed by atoms with Crippen molar-refractivity contribution in [1.82, 2.24) is 0 Å². The number of hydrogen-bond acceptors (Lipinski definition) is 1. The zero-order valence-electron chi connectivity index (χ0n) is 6.64. The fraction of sp³-hybridized carbons (Fsp3) is 0.889. The van der Waals surface area contributed by atoms with E-state index in [4.69, 9.17) is 5.26 Å². The lowest BCUT2D eigenvalue weighted by Gasteiger charge is -2.11. The van der Waals surface area contributed by atoms with Crippen LogP contribution in [0.25, 0.3) is 0 Å². The molecule has 1 saturated carbocycles. The fourth-order valence-electron chi connectivity index (χ4n) is 1.90. The van der Waals surface area contributed by atoms with Gasteiger partial charge >= 0.3 is 0 Å². The Morgan fingerprint density at radius 2 is 2.30 bits per heavy atom. The average Bonchev–Trinajstić information content (AvgIpc) is 2.31. The van der Waals surface area contributed by atoms with Crippen molar-refractivity contribution in [2.45, 2.75) is 39.0 Å². The number of nitriles is 1. The Morgan fingerprint density at radius 3 is 2.80 bits per heavy atom. The van der Waals surface area contributed by atoms with Crippen LogP contribution in [0, 0.1) is 23.2 Å². The second-order valence-electron chi connectivity index (χ2n) is 3.37. The largest absolute Gasteiger partial charge is 0.198 e. The Hall–Kier alpha value is -0.510. The Morgan fingerprint density at radius 1 is 1.50 bits per heavy atom. The van der Waals surface area contributed by atoms with Crippen LogP contribution in [-0.4, -0.2) is 0 Å². The molecule has 1 nitrogen and oxygen atoms in total. The summed E-state index contributed by atoms with van der Waals surface area (Å²) in [4.78, 5) is 0. The first-order valence-electron chi connectivity index (χ1n) is 4.21. The van der Waals surface area contributed by atoms with E-state index in [1.54, 1.807) is 0 Å². The normalized spacial score (nSPS) is 32.0. The summed E-state index contributed by atoms with van der Waals surface area (Å²) in [6.07, 6.45) is 6.03. The zero-order valence-corrected chi connectivity index (χ0v) is 6.64. The molecule has 0 heterocycles. The molecule has 1 heteroatoms. The van der Waals surface area contributed by atoms with Crippen molar-refractivity contribution in [2.75, 3.05) is 0 Å². The van der Waals surface area contributed by atoms with E-state index in [1.165, 1.54) is 19.3 Å². The summed E-state index contributed by atoms with van der Waals surface area (Å²) in [5.74, 6) is 1.74. The molecule has 2 atom stereocenters. The average molecular weight is 137 g/mol. The third-order valence-electron chi connectivity index (χ3n) is 2.67. The van der Waals surface area contributed by atoms with E-state index in [0.717, 1.165) is 24.7 Å². The summed E-state index contributed by atoms with van der Waals surface area (Å²) in [5, 5.41) is 8.36. The minimum absolute atomic E-state index is 0.759. The van der Waals surface area contributed by atoms with E-state index in [9.17, 15) is 0 Å². The maximum atomic E-state index is 8.36. The van der Waals surface area contributed by atoms with Crippen molar-refractivity contribution in [2.24, 2.45) is 11.8 Å². The molecule has 0 amide bonds. The SMILES string of the molecule is C[C@@H]1CCC[C@@H]1CCC#N. The van der Waals surface area contributed by atoms with Crippen LogP contribution in [0.2, 0.25) is 0 Å². The molecule has 1 aliphatic rings. The molecule has 0 bridgehead atoms. The first-order valence-corrected chi connectivity index (χ1v) is 4.21. The van der Waals surface area contributed by atoms with Crippen LogP contribution in [0.5, 0.6) is 0 Å². The Balaban J connectivity index is 2.21. The van der Waals surface area contributed by atoms with Gasteiger partial charge in [-0.15, -0.1) is 0 Å². The molecule has 0 aromatic heterocycles. The second-order valence-corrected chi connectivity index (χ2v) is 3.37. The van der Waals surface area contributed by atoms with Crippen LogP contribution in [-0.2, 0) is 0 Å². The summed E-state index contributed by atoms with van der Waals surface area (Å²) in [7, 11) is 0. The highest BCUT2D eigenvalue weighted by Gasteiger charge is 2.22. The lowest BCUT2D eigenvalue weighted by atomic mass is 9.94. The molecule has 1 fully saturated rings. The van der Waals surface area contributed by atoms with Gasteiger partial charge in [0.15, 0.2) is 0 Å². The van der Waals surface area contributed by atoms with Gasteiger partial charge < -0.3 is 0 Å². The second kappa shape index (κ2) is 3.61. The van der Waals surface area contributed by atoms with E-state index < -0.39 is 0 Å². The Kier molecular flexibility index (Phi) is 2.74. The van der Waals surface area contributed by atoms with E-state index in [1.807, 2.05) is 0 Å². The molecule has 1 rings (SSSR count). The molecule has 0 aromatic rings. The van der Waals surface area contributed by atoms with Gasteiger partial charge in [0.2, 0.25) is 0 Å². The predicted molar refractivity (Wildman–Crippen MR) is 41.4 cm³/mol. The molecule has 1 aliphatic carbocycles. The third-order valence-corrected chi connectivity index (χ3v) is 2.67. The van der Waals surface area contributed by atoms with E-state index in [2.05, 4.69) is 13.0 Å². The minimum atomic E-state index is 0.759. The van der Waals surface area contributed by atoms with Gasteiger partial charge in [-0.25, -0.2) is 0 Å². The molecule has 10 heavy (non-hydrogen) atoms. The lowest BCUT2D eigenvalue weighted by molar-refractivity contribution is 0.396. The van der Waals surface area contributed by atoms with Crippen LogP contribution >= 0.6 is 0 Å². The van der Waals surface area contributed by atoms with Gasteiger partial charge in [0, 0.05) is 6.42 Å². The van der Waals surface area contributed by atoms with Crippen molar-refractivity contribution in [1.29, 1.82) is 5.26 Å². The van der Waals surface area contributed by atoms with Gasteiger partial charge in [-0.1, -0.05) is 26.2 Å². The van der Waals surface area contributed by atoms with Crippen LogP contribution in [0.3, 0.4) is 0 Å². The van der Waals surface area contributed by atoms with E-state index in [0.29, 0.717) is 0 Å². The lowest BCUT2D eigenvalue weighted by Crippen LogP contribution is -2.02. The van der Waals surface area contributed by atoms with E-state index in [-0.39, 0.29) is 0 Å². The molecule has 0 spiro atoms. The summed E-state index contributed by atoms with van der Waals surface area (Å²) < 4.78 is 0. The maximum Gasteiger partial charge on any atom is 0.0621 e.